The predicted molar refractivity (Wildman–Crippen MR) is 66.7 cm³/mol. The molecule has 0 aromatic rings. The Kier molecular flexibility index (Phi) is 8.21. The standard InChI is InChI=1S/C12H26N2O2/c1-5-10(4)14(7-3)9-8-11(12(15)16)13-6-2/h10-11,13H,5-9H2,1-4H3,(H,15,16). The molecule has 0 radical (unpaired) electrons. The number of rotatable bonds is 9. The van der Waals surface area contributed by atoms with E-state index in [9.17, 15) is 4.79 Å². The van der Waals surface area contributed by atoms with Crippen molar-refractivity contribution >= 4 is 5.97 Å². The maximum atomic E-state index is 10.9. The van der Waals surface area contributed by atoms with Gasteiger partial charge in [0.1, 0.15) is 6.04 Å². The molecule has 0 aromatic carbocycles. The molecular formula is C12H26N2O2. The predicted octanol–water partition coefficient (Wildman–Crippen LogP) is 1.56. The molecular weight excluding hydrogens is 204 g/mol. The van der Waals surface area contributed by atoms with E-state index in [0.717, 1.165) is 19.5 Å². The molecule has 2 atom stereocenters. The molecule has 4 heteroatoms. The van der Waals surface area contributed by atoms with Crippen LogP contribution in [-0.4, -0.2) is 47.7 Å². The minimum absolute atomic E-state index is 0.414. The number of nitrogens with zero attached hydrogens (tertiary/aromatic N) is 1. The first-order valence-electron chi connectivity index (χ1n) is 6.26. The third-order valence-corrected chi connectivity index (χ3v) is 3.07. The number of carbonyl (C=O) groups is 1. The molecule has 0 rings (SSSR count). The highest BCUT2D eigenvalue weighted by Gasteiger charge is 2.18. The van der Waals surface area contributed by atoms with E-state index in [4.69, 9.17) is 5.11 Å². The lowest BCUT2D eigenvalue weighted by Gasteiger charge is -2.28. The van der Waals surface area contributed by atoms with Crippen LogP contribution in [-0.2, 0) is 4.79 Å². The van der Waals surface area contributed by atoms with Crippen LogP contribution in [0.1, 0.15) is 40.5 Å². The highest BCUT2D eigenvalue weighted by atomic mass is 16.4. The van der Waals surface area contributed by atoms with E-state index < -0.39 is 12.0 Å². The van der Waals surface area contributed by atoms with Crippen molar-refractivity contribution in [2.75, 3.05) is 19.6 Å². The van der Waals surface area contributed by atoms with Crippen molar-refractivity contribution in [1.29, 1.82) is 0 Å². The number of likely N-dealkylation sites (N-methyl/N-ethyl adjacent to an activating group) is 1. The lowest BCUT2D eigenvalue weighted by Crippen LogP contribution is -2.41. The summed E-state index contributed by atoms with van der Waals surface area (Å²) in [5.41, 5.74) is 0. The van der Waals surface area contributed by atoms with Crippen molar-refractivity contribution in [2.45, 2.75) is 52.6 Å². The summed E-state index contributed by atoms with van der Waals surface area (Å²) in [7, 11) is 0. The number of hydrogen-bond acceptors (Lipinski definition) is 3. The van der Waals surface area contributed by atoms with E-state index in [1.54, 1.807) is 0 Å². The maximum Gasteiger partial charge on any atom is 0.320 e. The van der Waals surface area contributed by atoms with E-state index in [-0.39, 0.29) is 0 Å². The highest BCUT2D eigenvalue weighted by Crippen LogP contribution is 2.05. The lowest BCUT2D eigenvalue weighted by molar-refractivity contribution is -0.139. The first-order chi connectivity index (χ1) is 7.56. The Morgan fingerprint density at radius 3 is 2.38 bits per heavy atom. The van der Waals surface area contributed by atoms with Gasteiger partial charge in [0, 0.05) is 12.6 Å². The number of carboxylic acids is 1. The normalized spacial score (nSPS) is 15.1. The Hall–Kier alpha value is -0.610. The van der Waals surface area contributed by atoms with Gasteiger partial charge in [0.25, 0.3) is 0 Å². The fourth-order valence-corrected chi connectivity index (χ4v) is 1.80. The molecule has 96 valence electrons. The molecule has 2 N–H and O–H groups in total. The van der Waals surface area contributed by atoms with Gasteiger partial charge in [-0.2, -0.15) is 0 Å². The van der Waals surface area contributed by atoms with Crippen LogP contribution in [0.2, 0.25) is 0 Å². The van der Waals surface area contributed by atoms with E-state index >= 15 is 0 Å². The summed E-state index contributed by atoms with van der Waals surface area (Å²) in [6.45, 7) is 10.9. The van der Waals surface area contributed by atoms with Crippen LogP contribution in [0.25, 0.3) is 0 Å². The Labute approximate surface area is 99.0 Å². The monoisotopic (exact) mass is 230 g/mol. The molecule has 0 aliphatic rings. The van der Waals surface area contributed by atoms with Crippen molar-refractivity contribution in [3.63, 3.8) is 0 Å². The van der Waals surface area contributed by atoms with Crippen LogP contribution in [0.5, 0.6) is 0 Å². The molecule has 0 amide bonds. The third kappa shape index (κ3) is 5.47. The van der Waals surface area contributed by atoms with Gasteiger partial charge in [-0.25, -0.2) is 0 Å². The second-order valence-corrected chi connectivity index (χ2v) is 4.12. The van der Waals surface area contributed by atoms with Crippen LogP contribution in [0.15, 0.2) is 0 Å². The van der Waals surface area contributed by atoms with E-state index in [0.29, 0.717) is 19.0 Å². The molecule has 0 heterocycles. The Bertz CT molecular complexity index is 197. The fraction of sp³-hybridized carbons (Fsp3) is 0.917. The number of hydrogen-bond donors (Lipinski definition) is 2. The smallest absolute Gasteiger partial charge is 0.320 e. The van der Waals surface area contributed by atoms with Crippen LogP contribution >= 0.6 is 0 Å². The van der Waals surface area contributed by atoms with E-state index in [2.05, 4.69) is 31.0 Å². The topological polar surface area (TPSA) is 52.6 Å². The van der Waals surface area contributed by atoms with Crippen molar-refractivity contribution in [3.8, 4) is 0 Å². The number of nitrogens with one attached hydrogen (secondary N) is 1. The Balaban J connectivity index is 4.10. The highest BCUT2D eigenvalue weighted by molar-refractivity contribution is 5.73. The Morgan fingerprint density at radius 1 is 1.38 bits per heavy atom. The molecule has 0 aliphatic heterocycles. The Morgan fingerprint density at radius 2 is 2.00 bits per heavy atom. The molecule has 0 aliphatic carbocycles. The molecule has 0 aromatic heterocycles. The van der Waals surface area contributed by atoms with E-state index in [1.807, 2.05) is 6.92 Å². The summed E-state index contributed by atoms with van der Waals surface area (Å²) in [4.78, 5) is 13.3. The van der Waals surface area contributed by atoms with E-state index in [1.165, 1.54) is 0 Å². The summed E-state index contributed by atoms with van der Waals surface area (Å²) in [6, 6.07) is 0.115. The first-order valence-corrected chi connectivity index (χ1v) is 6.26. The molecule has 2 unspecified atom stereocenters. The minimum Gasteiger partial charge on any atom is -0.480 e. The average Bonchev–Trinajstić information content (AvgIpc) is 2.27. The van der Waals surface area contributed by atoms with Gasteiger partial charge in [-0.1, -0.05) is 20.8 Å². The van der Waals surface area contributed by atoms with Gasteiger partial charge in [0.05, 0.1) is 0 Å². The molecule has 0 saturated carbocycles. The van der Waals surface area contributed by atoms with Crippen LogP contribution in [0.3, 0.4) is 0 Å². The zero-order valence-electron chi connectivity index (χ0n) is 11.0. The maximum absolute atomic E-state index is 10.9. The van der Waals surface area contributed by atoms with Crippen LogP contribution in [0.4, 0.5) is 0 Å². The molecule has 4 nitrogen and oxygen atoms in total. The van der Waals surface area contributed by atoms with Crippen LogP contribution < -0.4 is 5.32 Å². The lowest BCUT2D eigenvalue weighted by atomic mass is 10.1. The quantitative estimate of drug-likeness (QED) is 0.631. The van der Waals surface area contributed by atoms with Gasteiger partial charge < -0.3 is 15.3 Å². The average molecular weight is 230 g/mol. The fourth-order valence-electron chi connectivity index (χ4n) is 1.80. The van der Waals surface area contributed by atoms with Gasteiger partial charge in [0.15, 0.2) is 0 Å². The third-order valence-electron chi connectivity index (χ3n) is 3.07. The molecule has 0 saturated heterocycles. The first kappa shape index (κ1) is 15.4. The van der Waals surface area contributed by atoms with Crippen molar-refractivity contribution in [3.05, 3.63) is 0 Å². The second-order valence-electron chi connectivity index (χ2n) is 4.12. The largest absolute Gasteiger partial charge is 0.480 e. The number of aliphatic carboxylic acids is 1. The molecule has 0 bridgehead atoms. The van der Waals surface area contributed by atoms with Crippen molar-refractivity contribution in [1.82, 2.24) is 10.2 Å². The van der Waals surface area contributed by atoms with Crippen molar-refractivity contribution < 1.29 is 9.90 Å². The van der Waals surface area contributed by atoms with Gasteiger partial charge in [-0.3, -0.25) is 4.79 Å². The zero-order chi connectivity index (χ0) is 12.6. The summed E-state index contributed by atoms with van der Waals surface area (Å²) in [5, 5.41) is 12.0. The molecule has 0 spiro atoms. The van der Waals surface area contributed by atoms with Crippen molar-refractivity contribution in [2.24, 2.45) is 0 Å². The molecule has 0 fully saturated rings. The zero-order valence-corrected chi connectivity index (χ0v) is 11.0. The van der Waals surface area contributed by atoms with Gasteiger partial charge in [-0.05, 0) is 32.9 Å². The van der Waals surface area contributed by atoms with Gasteiger partial charge in [-0.15, -0.1) is 0 Å². The second kappa shape index (κ2) is 8.53. The summed E-state index contributed by atoms with van der Waals surface area (Å²) < 4.78 is 0. The summed E-state index contributed by atoms with van der Waals surface area (Å²) >= 11 is 0. The number of carboxylic acid groups (broad SMARTS) is 1. The minimum atomic E-state index is -0.748. The summed E-state index contributed by atoms with van der Waals surface area (Å²) in [6.07, 6.45) is 1.77. The van der Waals surface area contributed by atoms with Crippen LogP contribution in [0, 0.1) is 0 Å². The summed E-state index contributed by atoms with van der Waals surface area (Å²) in [5.74, 6) is -0.748. The SMILES string of the molecule is CCNC(CCN(CC)C(C)CC)C(=O)O. The van der Waals surface area contributed by atoms with Gasteiger partial charge in [0.2, 0.25) is 0 Å². The molecule has 16 heavy (non-hydrogen) atoms. The van der Waals surface area contributed by atoms with Gasteiger partial charge >= 0.3 is 5.97 Å².